The van der Waals surface area contributed by atoms with Crippen molar-refractivity contribution in [3.63, 3.8) is 0 Å². The van der Waals surface area contributed by atoms with Gasteiger partial charge in [0.15, 0.2) is 0 Å². The molecule has 5 N–H and O–H groups in total. The number of anilines is 3. The van der Waals surface area contributed by atoms with Crippen molar-refractivity contribution >= 4 is 27.2 Å². The maximum atomic E-state index is 11.7. The van der Waals surface area contributed by atoms with Crippen LogP contribution in [0.1, 0.15) is 0 Å². The fourth-order valence-corrected chi connectivity index (χ4v) is 2.42. The van der Waals surface area contributed by atoms with Gasteiger partial charge in [0.1, 0.15) is 4.90 Å². The summed E-state index contributed by atoms with van der Waals surface area (Å²) in [6.45, 7) is 0. The molecule has 0 radical (unpaired) electrons. The molecule has 96 valence electrons. The summed E-state index contributed by atoms with van der Waals surface area (Å²) in [5, 5.41) is 8.51. The van der Waals surface area contributed by atoms with E-state index in [9.17, 15) is 8.42 Å². The maximum Gasteiger partial charge on any atom is 0.316 e. The van der Waals surface area contributed by atoms with E-state index >= 15 is 0 Å². The molecule has 0 bridgehead atoms. The molecule has 0 aliphatic heterocycles. The van der Waals surface area contributed by atoms with E-state index in [1.54, 1.807) is 33.3 Å². The van der Waals surface area contributed by atoms with E-state index in [4.69, 9.17) is 5.90 Å². The number of benzene rings is 1. The molecule has 0 atom stereocenters. The highest BCUT2D eigenvalue weighted by Gasteiger charge is 2.23. The van der Waals surface area contributed by atoms with Crippen LogP contribution in [-0.4, -0.2) is 29.6 Å². The van der Waals surface area contributed by atoms with Crippen LogP contribution < -0.4 is 21.8 Å². The lowest BCUT2D eigenvalue weighted by Gasteiger charge is -2.15. The van der Waals surface area contributed by atoms with Gasteiger partial charge in [0, 0.05) is 26.8 Å². The van der Waals surface area contributed by atoms with Crippen molar-refractivity contribution in [1.29, 1.82) is 0 Å². The molecule has 7 nitrogen and oxygen atoms in total. The summed E-state index contributed by atoms with van der Waals surface area (Å²) in [5.41, 5.74) is 1.55. The smallest absolute Gasteiger partial charge is 0.316 e. The van der Waals surface area contributed by atoms with Gasteiger partial charge in [-0.3, -0.25) is 0 Å². The minimum Gasteiger partial charge on any atom is -0.388 e. The van der Waals surface area contributed by atoms with Crippen molar-refractivity contribution in [3.05, 3.63) is 12.1 Å². The van der Waals surface area contributed by atoms with E-state index in [0.29, 0.717) is 11.4 Å². The Morgan fingerprint density at radius 2 is 1.53 bits per heavy atom. The van der Waals surface area contributed by atoms with Crippen LogP contribution in [0, 0.1) is 0 Å². The lowest BCUT2D eigenvalue weighted by molar-refractivity contribution is 0.333. The van der Waals surface area contributed by atoms with Crippen molar-refractivity contribution in [1.82, 2.24) is 0 Å². The standard InChI is InChI=1S/C9H16N4O3S/c1-11-6-4-7(12-2)9(8(5-6)13-3)17(14,15)16-10/h4-5,11-13H,10H2,1-3H3. The summed E-state index contributed by atoms with van der Waals surface area (Å²) >= 11 is 0. The van der Waals surface area contributed by atoms with Gasteiger partial charge >= 0.3 is 10.1 Å². The molecule has 0 aromatic heterocycles. The molecule has 0 aliphatic carbocycles. The largest absolute Gasteiger partial charge is 0.388 e. The first kappa shape index (κ1) is 13.6. The number of hydrogen-bond donors (Lipinski definition) is 4. The normalized spacial score (nSPS) is 11.1. The molecule has 1 aromatic rings. The molecule has 0 spiro atoms. The Bertz CT molecular complexity index is 476. The summed E-state index contributed by atoms with van der Waals surface area (Å²) in [7, 11) is 0.984. The monoisotopic (exact) mass is 260 g/mol. The van der Waals surface area contributed by atoms with Crippen LogP contribution in [0.5, 0.6) is 0 Å². The molecule has 0 unspecified atom stereocenters. The Morgan fingerprint density at radius 1 is 1.06 bits per heavy atom. The first-order valence-corrected chi connectivity index (χ1v) is 6.25. The van der Waals surface area contributed by atoms with Gasteiger partial charge < -0.3 is 16.0 Å². The van der Waals surface area contributed by atoms with Crippen LogP contribution in [0.25, 0.3) is 0 Å². The number of rotatable bonds is 5. The summed E-state index contributed by atoms with van der Waals surface area (Å²) in [5.74, 6) is 4.80. The average Bonchev–Trinajstić information content (AvgIpc) is 2.36. The third kappa shape index (κ3) is 2.60. The molecule has 0 fully saturated rings. The number of nitrogens with two attached hydrogens (primary N) is 1. The van der Waals surface area contributed by atoms with Crippen LogP contribution in [0.2, 0.25) is 0 Å². The van der Waals surface area contributed by atoms with Crippen molar-refractivity contribution < 1.29 is 12.7 Å². The van der Waals surface area contributed by atoms with Gasteiger partial charge in [0.25, 0.3) is 0 Å². The molecule has 0 heterocycles. The third-order valence-electron chi connectivity index (χ3n) is 2.29. The molecule has 8 heteroatoms. The predicted octanol–water partition coefficient (Wildman–Crippen LogP) is 0.391. The van der Waals surface area contributed by atoms with Crippen LogP contribution in [-0.2, 0) is 14.4 Å². The highest BCUT2D eigenvalue weighted by atomic mass is 32.2. The molecule has 17 heavy (non-hydrogen) atoms. The first-order valence-electron chi connectivity index (χ1n) is 4.84. The summed E-state index contributed by atoms with van der Waals surface area (Å²) in [6, 6.07) is 3.29. The Hall–Kier alpha value is -1.51. The summed E-state index contributed by atoms with van der Waals surface area (Å²) in [6.07, 6.45) is 0. The molecule has 0 amide bonds. The number of nitrogens with one attached hydrogen (secondary N) is 3. The van der Waals surface area contributed by atoms with E-state index in [-0.39, 0.29) is 4.90 Å². The van der Waals surface area contributed by atoms with Crippen LogP contribution in [0.4, 0.5) is 17.1 Å². The second kappa shape index (κ2) is 5.21. The summed E-state index contributed by atoms with van der Waals surface area (Å²) < 4.78 is 27.5. The van der Waals surface area contributed by atoms with E-state index in [1.165, 1.54) is 0 Å². The van der Waals surface area contributed by atoms with Crippen molar-refractivity contribution in [2.45, 2.75) is 4.90 Å². The Kier molecular flexibility index (Phi) is 4.16. The fourth-order valence-electron chi connectivity index (χ4n) is 1.46. The SMILES string of the molecule is CNc1cc(NC)c(S(=O)(=O)ON)c(NC)c1. The highest BCUT2D eigenvalue weighted by molar-refractivity contribution is 7.87. The van der Waals surface area contributed by atoms with Crippen LogP contribution in [0.3, 0.4) is 0 Å². The molecular weight excluding hydrogens is 244 g/mol. The molecule has 1 rings (SSSR count). The van der Waals surface area contributed by atoms with Crippen molar-refractivity contribution in [2.75, 3.05) is 37.1 Å². The third-order valence-corrected chi connectivity index (χ3v) is 3.49. The minimum atomic E-state index is -3.98. The average molecular weight is 260 g/mol. The van der Waals surface area contributed by atoms with E-state index in [0.717, 1.165) is 5.69 Å². The van der Waals surface area contributed by atoms with Crippen LogP contribution >= 0.6 is 0 Å². The van der Waals surface area contributed by atoms with Gasteiger partial charge in [-0.05, 0) is 12.1 Å². The van der Waals surface area contributed by atoms with Gasteiger partial charge in [-0.15, -0.1) is 0 Å². The van der Waals surface area contributed by atoms with E-state index in [1.807, 2.05) is 0 Å². The lowest BCUT2D eigenvalue weighted by Crippen LogP contribution is -2.15. The zero-order valence-electron chi connectivity index (χ0n) is 9.87. The molecule has 0 saturated carbocycles. The Labute approximate surface area is 100 Å². The quantitative estimate of drug-likeness (QED) is 0.567. The predicted molar refractivity (Wildman–Crippen MR) is 67.5 cm³/mol. The Morgan fingerprint density at radius 3 is 1.82 bits per heavy atom. The topological polar surface area (TPSA) is 105 Å². The number of hydrogen-bond acceptors (Lipinski definition) is 7. The van der Waals surface area contributed by atoms with Gasteiger partial charge in [0.05, 0.1) is 11.4 Å². The lowest BCUT2D eigenvalue weighted by atomic mass is 10.2. The zero-order chi connectivity index (χ0) is 13.1. The van der Waals surface area contributed by atoms with Crippen molar-refractivity contribution in [3.8, 4) is 0 Å². The molecule has 1 aromatic carbocycles. The van der Waals surface area contributed by atoms with Crippen LogP contribution in [0.15, 0.2) is 17.0 Å². The van der Waals surface area contributed by atoms with Gasteiger partial charge in [0.2, 0.25) is 0 Å². The Balaban J connectivity index is 3.57. The van der Waals surface area contributed by atoms with Crippen molar-refractivity contribution in [2.24, 2.45) is 5.90 Å². The van der Waals surface area contributed by atoms with Gasteiger partial charge in [-0.2, -0.15) is 18.6 Å². The highest BCUT2D eigenvalue weighted by Crippen LogP contribution is 2.33. The van der Waals surface area contributed by atoms with E-state index < -0.39 is 10.1 Å². The molecule has 0 saturated heterocycles. The second-order valence-corrected chi connectivity index (χ2v) is 4.71. The molecule has 0 aliphatic rings. The zero-order valence-corrected chi connectivity index (χ0v) is 10.7. The molecular formula is C9H16N4O3S. The second-order valence-electron chi connectivity index (χ2n) is 3.20. The minimum absolute atomic E-state index is 0.0241. The van der Waals surface area contributed by atoms with Gasteiger partial charge in [-0.25, -0.2) is 0 Å². The first-order chi connectivity index (χ1) is 8.00. The summed E-state index contributed by atoms with van der Waals surface area (Å²) in [4.78, 5) is -0.0241. The maximum absolute atomic E-state index is 11.7. The van der Waals surface area contributed by atoms with E-state index in [2.05, 4.69) is 20.2 Å². The van der Waals surface area contributed by atoms with Gasteiger partial charge in [-0.1, -0.05) is 0 Å². The fraction of sp³-hybridized carbons (Fsp3) is 0.333.